The monoisotopic (exact) mass is 196 g/mol. The van der Waals surface area contributed by atoms with E-state index in [2.05, 4.69) is 6.92 Å². The van der Waals surface area contributed by atoms with E-state index in [0.717, 1.165) is 11.8 Å². The fourth-order valence-electron chi connectivity index (χ4n) is 3.66. The molecule has 0 aromatic carbocycles. The van der Waals surface area contributed by atoms with E-state index in [1.54, 1.807) is 0 Å². The summed E-state index contributed by atoms with van der Waals surface area (Å²) in [7, 11) is 1.93. The van der Waals surface area contributed by atoms with Gasteiger partial charge < -0.3 is 4.74 Å². The molecule has 2 saturated carbocycles. The fraction of sp³-hybridized carbons (Fsp3) is 1.00. The number of methoxy groups -OCH3 is 1. The highest BCUT2D eigenvalue weighted by Gasteiger charge is 2.43. The highest BCUT2D eigenvalue weighted by Crippen LogP contribution is 2.46. The molecule has 0 N–H and O–H groups in total. The van der Waals surface area contributed by atoms with E-state index in [9.17, 15) is 0 Å². The zero-order valence-corrected chi connectivity index (χ0v) is 9.72. The summed E-state index contributed by atoms with van der Waals surface area (Å²) in [6.07, 6.45) is 11.3. The minimum absolute atomic E-state index is 0.201. The zero-order chi connectivity index (χ0) is 10.0. The van der Waals surface area contributed by atoms with E-state index in [-0.39, 0.29) is 5.60 Å². The standard InChI is InChI=1S/C13H24O/c1-13(14-2,11-7-3-4-8-11)12-9-5-6-10-12/h11-12H,3-10H2,1-2H3. The van der Waals surface area contributed by atoms with Crippen molar-refractivity contribution in [2.24, 2.45) is 11.8 Å². The minimum Gasteiger partial charge on any atom is -0.378 e. The molecule has 0 heterocycles. The van der Waals surface area contributed by atoms with Crippen LogP contribution in [0.2, 0.25) is 0 Å². The van der Waals surface area contributed by atoms with Crippen LogP contribution in [-0.2, 0) is 4.74 Å². The van der Waals surface area contributed by atoms with Crippen molar-refractivity contribution in [2.75, 3.05) is 7.11 Å². The molecule has 2 aliphatic rings. The second kappa shape index (κ2) is 4.22. The molecule has 0 bridgehead atoms. The summed E-state index contributed by atoms with van der Waals surface area (Å²) < 4.78 is 5.91. The molecule has 0 spiro atoms. The molecule has 0 aromatic rings. The highest BCUT2D eigenvalue weighted by molar-refractivity contribution is 4.94. The van der Waals surface area contributed by atoms with Gasteiger partial charge in [-0.15, -0.1) is 0 Å². The van der Waals surface area contributed by atoms with Gasteiger partial charge in [-0.3, -0.25) is 0 Å². The van der Waals surface area contributed by atoms with Gasteiger partial charge in [0.2, 0.25) is 0 Å². The molecule has 2 aliphatic carbocycles. The Hall–Kier alpha value is -0.0400. The molecule has 1 heteroatoms. The first-order valence-corrected chi connectivity index (χ1v) is 6.32. The largest absolute Gasteiger partial charge is 0.378 e. The molecular formula is C13H24O. The van der Waals surface area contributed by atoms with E-state index in [1.807, 2.05) is 7.11 Å². The SMILES string of the molecule is COC(C)(C1CCCC1)C1CCCC1. The molecule has 0 radical (unpaired) electrons. The molecule has 14 heavy (non-hydrogen) atoms. The number of hydrogen-bond donors (Lipinski definition) is 0. The number of hydrogen-bond acceptors (Lipinski definition) is 1. The Balaban J connectivity index is 2.06. The van der Waals surface area contributed by atoms with E-state index in [4.69, 9.17) is 4.74 Å². The van der Waals surface area contributed by atoms with Crippen LogP contribution >= 0.6 is 0 Å². The summed E-state index contributed by atoms with van der Waals surface area (Å²) in [5.74, 6) is 1.69. The van der Waals surface area contributed by atoms with Gasteiger partial charge in [0.15, 0.2) is 0 Å². The first kappa shape index (κ1) is 10.5. The van der Waals surface area contributed by atoms with Crippen molar-refractivity contribution in [2.45, 2.75) is 63.9 Å². The van der Waals surface area contributed by atoms with Crippen molar-refractivity contribution in [1.29, 1.82) is 0 Å². The van der Waals surface area contributed by atoms with Crippen molar-refractivity contribution >= 4 is 0 Å². The van der Waals surface area contributed by atoms with Crippen LogP contribution in [0.5, 0.6) is 0 Å². The maximum absolute atomic E-state index is 5.91. The normalized spacial score (nSPS) is 26.1. The van der Waals surface area contributed by atoms with Crippen molar-refractivity contribution < 1.29 is 4.74 Å². The first-order valence-electron chi connectivity index (χ1n) is 6.32. The lowest BCUT2D eigenvalue weighted by Crippen LogP contribution is -2.42. The maximum Gasteiger partial charge on any atom is 0.0706 e. The topological polar surface area (TPSA) is 9.23 Å². The van der Waals surface area contributed by atoms with Gasteiger partial charge in [-0.05, 0) is 44.4 Å². The third-order valence-electron chi connectivity index (χ3n) is 4.77. The van der Waals surface area contributed by atoms with Crippen LogP contribution in [0.15, 0.2) is 0 Å². The van der Waals surface area contributed by atoms with Crippen molar-refractivity contribution in [3.05, 3.63) is 0 Å². The number of rotatable bonds is 3. The van der Waals surface area contributed by atoms with Gasteiger partial charge in [-0.25, -0.2) is 0 Å². The molecular weight excluding hydrogens is 172 g/mol. The predicted octanol–water partition coefficient (Wildman–Crippen LogP) is 3.77. The van der Waals surface area contributed by atoms with Gasteiger partial charge in [0, 0.05) is 7.11 Å². The average molecular weight is 196 g/mol. The molecule has 1 nitrogen and oxygen atoms in total. The average Bonchev–Trinajstić information content (AvgIpc) is 2.88. The van der Waals surface area contributed by atoms with Crippen LogP contribution < -0.4 is 0 Å². The van der Waals surface area contributed by atoms with Gasteiger partial charge in [0.1, 0.15) is 0 Å². The predicted molar refractivity (Wildman–Crippen MR) is 59.3 cm³/mol. The number of ether oxygens (including phenoxy) is 1. The third kappa shape index (κ3) is 1.71. The zero-order valence-electron chi connectivity index (χ0n) is 9.72. The van der Waals surface area contributed by atoms with E-state index < -0.39 is 0 Å². The van der Waals surface area contributed by atoms with Crippen molar-refractivity contribution in [3.63, 3.8) is 0 Å². The van der Waals surface area contributed by atoms with Crippen LogP contribution in [0, 0.1) is 11.8 Å². The summed E-state index contributed by atoms with van der Waals surface area (Å²) in [5.41, 5.74) is 0.201. The van der Waals surface area contributed by atoms with E-state index in [0.29, 0.717) is 0 Å². The molecule has 82 valence electrons. The lowest BCUT2D eigenvalue weighted by molar-refractivity contribution is -0.0849. The Kier molecular flexibility index (Phi) is 3.16. The molecule has 0 aromatic heterocycles. The second-order valence-electron chi connectivity index (χ2n) is 5.35. The Bertz CT molecular complexity index is 160. The minimum atomic E-state index is 0.201. The molecule has 2 rings (SSSR count). The lowest BCUT2D eigenvalue weighted by Gasteiger charge is -2.39. The second-order valence-corrected chi connectivity index (χ2v) is 5.35. The summed E-state index contributed by atoms with van der Waals surface area (Å²) >= 11 is 0. The summed E-state index contributed by atoms with van der Waals surface area (Å²) in [5, 5.41) is 0. The van der Waals surface area contributed by atoms with Crippen LogP contribution in [0.25, 0.3) is 0 Å². The summed E-state index contributed by atoms with van der Waals surface area (Å²) in [6, 6.07) is 0. The summed E-state index contributed by atoms with van der Waals surface area (Å²) in [4.78, 5) is 0. The molecule has 0 amide bonds. The van der Waals surface area contributed by atoms with Gasteiger partial charge in [-0.1, -0.05) is 25.7 Å². The Morgan fingerprint density at radius 1 is 0.857 bits per heavy atom. The molecule has 0 saturated heterocycles. The van der Waals surface area contributed by atoms with Crippen LogP contribution in [-0.4, -0.2) is 12.7 Å². The van der Waals surface area contributed by atoms with Crippen LogP contribution in [0.4, 0.5) is 0 Å². The molecule has 0 unspecified atom stereocenters. The summed E-state index contributed by atoms with van der Waals surface area (Å²) in [6.45, 7) is 2.37. The lowest BCUT2D eigenvalue weighted by atomic mass is 9.76. The highest BCUT2D eigenvalue weighted by atomic mass is 16.5. The van der Waals surface area contributed by atoms with Crippen molar-refractivity contribution in [1.82, 2.24) is 0 Å². The fourth-order valence-corrected chi connectivity index (χ4v) is 3.66. The van der Waals surface area contributed by atoms with Crippen molar-refractivity contribution in [3.8, 4) is 0 Å². The van der Waals surface area contributed by atoms with Crippen LogP contribution in [0.1, 0.15) is 58.3 Å². The Morgan fingerprint density at radius 2 is 1.21 bits per heavy atom. The Morgan fingerprint density at radius 3 is 1.50 bits per heavy atom. The smallest absolute Gasteiger partial charge is 0.0706 e. The van der Waals surface area contributed by atoms with Gasteiger partial charge in [0.25, 0.3) is 0 Å². The van der Waals surface area contributed by atoms with Gasteiger partial charge >= 0.3 is 0 Å². The van der Waals surface area contributed by atoms with E-state index >= 15 is 0 Å². The first-order chi connectivity index (χ1) is 6.77. The quantitative estimate of drug-likeness (QED) is 0.667. The molecule has 0 aliphatic heterocycles. The van der Waals surface area contributed by atoms with E-state index in [1.165, 1.54) is 51.4 Å². The van der Waals surface area contributed by atoms with Crippen LogP contribution in [0.3, 0.4) is 0 Å². The molecule has 2 fully saturated rings. The third-order valence-corrected chi connectivity index (χ3v) is 4.77. The molecule has 0 atom stereocenters. The Labute approximate surface area is 88.2 Å². The maximum atomic E-state index is 5.91. The van der Waals surface area contributed by atoms with Gasteiger partial charge in [0.05, 0.1) is 5.60 Å². The van der Waals surface area contributed by atoms with Gasteiger partial charge in [-0.2, -0.15) is 0 Å².